The van der Waals surface area contributed by atoms with Crippen LogP contribution in [0, 0.1) is 0 Å². The highest BCUT2D eigenvalue weighted by molar-refractivity contribution is 6.30. The van der Waals surface area contributed by atoms with Crippen LogP contribution >= 0.6 is 11.6 Å². The van der Waals surface area contributed by atoms with Crippen LogP contribution < -0.4 is 5.32 Å². The molecule has 2 aromatic rings. The lowest BCUT2D eigenvalue weighted by Gasteiger charge is -2.18. The van der Waals surface area contributed by atoms with Crippen LogP contribution in [-0.2, 0) is 0 Å². The molecule has 0 atom stereocenters. The molecule has 0 saturated carbocycles. The highest BCUT2D eigenvalue weighted by atomic mass is 35.5. The number of nitrogens with zero attached hydrogens (tertiary/aromatic N) is 5. The van der Waals surface area contributed by atoms with Gasteiger partial charge >= 0.3 is 0 Å². The molecule has 7 heteroatoms. The Morgan fingerprint density at radius 3 is 2.55 bits per heavy atom. The standard InChI is InChI=1S/C13H19ClN6/c1-3-19(4-2)10-9-15-13-16-17-18-20(13)12-7-5-11(14)6-8-12/h5-8H,3-4,9-10H2,1-2H3,(H,15,16,18). The minimum absolute atomic E-state index is 0.638. The molecule has 0 amide bonds. The Balaban J connectivity index is 2.00. The number of benzene rings is 1. The number of aromatic nitrogens is 4. The molecule has 0 unspecified atom stereocenters. The Bertz CT molecular complexity index is 520. The van der Waals surface area contributed by atoms with Crippen molar-refractivity contribution in [2.24, 2.45) is 0 Å². The molecule has 6 nitrogen and oxygen atoms in total. The molecule has 0 aliphatic carbocycles. The smallest absolute Gasteiger partial charge is 0.247 e. The summed E-state index contributed by atoms with van der Waals surface area (Å²) >= 11 is 5.88. The first-order valence-electron chi connectivity index (χ1n) is 6.75. The van der Waals surface area contributed by atoms with E-state index in [2.05, 4.69) is 39.6 Å². The van der Waals surface area contributed by atoms with Gasteiger partial charge in [0.15, 0.2) is 0 Å². The Morgan fingerprint density at radius 1 is 1.20 bits per heavy atom. The second kappa shape index (κ2) is 7.21. The SMILES string of the molecule is CCN(CC)CCNc1nnnn1-c1ccc(Cl)cc1. The lowest BCUT2D eigenvalue weighted by Crippen LogP contribution is -2.29. The Hall–Kier alpha value is -1.66. The maximum Gasteiger partial charge on any atom is 0.247 e. The summed E-state index contributed by atoms with van der Waals surface area (Å²) < 4.78 is 1.67. The molecule has 0 spiro atoms. The quantitative estimate of drug-likeness (QED) is 0.847. The third kappa shape index (κ3) is 3.68. The molecule has 0 aliphatic rings. The van der Waals surface area contributed by atoms with E-state index in [0.29, 0.717) is 11.0 Å². The number of halogens is 1. The molecule has 2 rings (SSSR count). The Kier molecular flexibility index (Phi) is 5.31. The van der Waals surface area contributed by atoms with Crippen molar-refractivity contribution in [2.45, 2.75) is 13.8 Å². The molecule has 20 heavy (non-hydrogen) atoms. The Morgan fingerprint density at radius 2 is 1.90 bits per heavy atom. The summed E-state index contributed by atoms with van der Waals surface area (Å²) in [5, 5.41) is 15.7. The minimum Gasteiger partial charge on any atom is -0.351 e. The van der Waals surface area contributed by atoms with Crippen LogP contribution in [0.1, 0.15) is 13.8 Å². The molecule has 1 N–H and O–H groups in total. The number of hydrogen-bond acceptors (Lipinski definition) is 5. The van der Waals surface area contributed by atoms with Gasteiger partial charge in [-0.15, -0.1) is 0 Å². The molecule has 1 aromatic carbocycles. The van der Waals surface area contributed by atoms with Crippen molar-refractivity contribution in [3.05, 3.63) is 29.3 Å². The van der Waals surface area contributed by atoms with Crippen molar-refractivity contribution in [2.75, 3.05) is 31.5 Å². The van der Waals surface area contributed by atoms with Crippen molar-refractivity contribution in [3.8, 4) is 5.69 Å². The molecular weight excluding hydrogens is 276 g/mol. The van der Waals surface area contributed by atoms with E-state index in [1.807, 2.05) is 24.3 Å². The lowest BCUT2D eigenvalue weighted by molar-refractivity contribution is 0.315. The predicted molar refractivity (Wildman–Crippen MR) is 80.4 cm³/mol. The second-order valence-electron chi connectivity index (χ2n) is 4.34. The van der Waals surface area contributed by atoms with Gasteiger partial charge in [0.2, 0.25) is 5.95 Å². The van der Waals surface area contributed by atoms with Crippen LogP contribution in [0.15, 0.2) is 24.3 Å². The second-order valence-corrected chi connectivity index (χ2v) is 4.78. The molecule has 0 aliphatic heterocycles. The Labute approximate surface area is 123 Å². The molecule has 1 heterocycles. The average Bonchev–Trinajstić information content (AvgIpc) is 2.93. The fourth-order valence-corrected chi connectivity index (χ4v) is 2.05. The number of anilines is 1. The van der Waals surface area contributed by atoms with Crippen molar-refractivity contribution in [1.82, 2.24) is 25.1 Å². The molecular formula is C13H19ClN6. The first-order valence-corrected chi connectivity index (χ1v) is 7.13. The third-order valence-electron chi connectivity index (χ3n) is 3.15. The predicted octanol–water partition coefficient (Wildman–Crippen LogP) is 2.07. The van der Waals surface area contributed by atoms with E-state index in [1.54, 1.807) is 4.68 Å². The zero-order valence-electron chi connectivity index (χ0n) is 11.8. The van der Waals surface area contributed by atoms with E-state index in [9.17, 15) is 0 Å². The van der Waals surface area contributed by atoms with Crippen molar-refractivity contribution in [1.29, 1.82) is 0 Å². The summed E-state index contributed by atoms with van der Waals surface area (Å²) in [7, 11) is 0. The molecule has 0 bridgehead atoms. The number of hydrogen-bond donors (Lipinski definition) is 1. The number of likely N-dealkylation sites (N-methyl/N-ethyl adjacent to an activating group) is 1. The van der Waals surface area contributed by atoms with Crippen LogP contribution in [-0.4, -0.2) is 51.3 Å². The summed E-state index contributed by atoms with van der Waals surface area (Å²) in [4.78, 5) is 2.34. The summed E-state index contributed by atoms with van der Waals surface area (Å²) in [5.41, 5.74) is 0.879. The van der Waals surface area contributed by atoms with Gasteiger partial charge in [0, 0.05) is 18.1 Å². The van der Waals surface area contributed by atoms with Crippen LogP contribution in [0.3, 0.4) is 0 Å². The molecule has 108 valence electrons. The molecule has 1 aromatic heterocycles. The van der Waals surface area contributed by atoms with E-state index in [-0.39, 0.29) is 0 Å². The van der Waals surface area contributed by atoms with Gasteiger partial charge in [-0.2, -0.15) is 4.68 Å². The zero-order chi connectivity index (χ0) is 14.4. The van der Waals surface area contributed by atoms with E-state index < -0.39 is 0 Å². The van der Waals surface area contributed by atoms with Crippen LogP contribution in [0.5, 0.6) is 0 Å². The molecule has 0 radical (unpaired) electrons. The van der Waals surface area contributed by atoms with Gasteiger partial charge in [0.1, 0.15) is 0 Å². The zero-order valence-corrected chi connectivity index (χ0v) is 12.5. The van der Waals surface area contributed by atoms with E-state index in [0.717, 1.165) is 31.9 Å². The summed E-state index contributed by atoms with van der Waals surface area (Å²) in [6.07, 6.45) is 0. The number of nitrogens with one attached hydrogen (secondary N) is 1. The first kappa shape index (κ1) is 14.7. The highest BCUT2D eigenvalue weighted by Gasteiger charge is 2.08. The van der Waals surface area contributed by atoms with Crippen molar-refractivity contribution in [3.63, 3.8) is 0 Å². The average molecular weight is 295 g/mol. The van der Waals surface area contributed by atoms with Crippen LogP contribution in [0.4, 0.5) is 5.95 Å². The van der Waals surface area contributed by atoms with E-state index >= 15 is 0 Å². The summed E-state index contributed by atoms with van der Waals surface area (Å²) in [5.74, 6) is 0.638. The van der Waals surface area contributed by atoms with Gasteiger partial charge in [-0.3, -0.25) is 0 Å². The highest BCUT2D eigenvalue weighted by Crippen LogP contribution is 2.14. The topological polar surface area (TPSA) is 58.9 Å². The van der Waals surface area contributed by atoms with Crippen LogP contribution in [0.25, 0.3) is 5.69 Å². The van der Waals surface area contributed by atoms with Crippen LogP contribution in [0.2, 0.25) is 5.02 Å². The van der Waals surface area contributed by atoms with Gasteiger partial charge < -0.3 is 10.2 Å². The van der Waals surface area contributed by atoms with Gasteiger partial charge in [-0.05, 0) is 47.8 Å². The van der Waals surface area contributed by atoms with Crippen molar-refractivity contribution < 1.29 is 0 Å². The first-order chi connectivity index (χ1) is 9.74. The monoisotopic (exact) mass is 294 g/mol. The normalized spacial score (nSPS) is 11.0. The fourth-order valence-electron chi connectivity index (χ4n) is 1.92. The third-order valence-corrected chi connectivity index (χ3v) is 3.40. The molecule has 0 fully saturated rings. The van der Waals surface area contributed by atoms with E-state index in [4.69, 9.17) is 11.6 Å². The summed E-state index contributed by atoms with van der Waals surface area (Å²) in [6.45, 7) is 8.15. The fraction of sp³-hybridized carbons (Fsp3) is 0.462. The maximum atomic E-state index is 5.88. The summed E-state index contributed by atoms with van der Waals surface area (Å²) in [6, 6.07) is 7.40. The van der Waals surface area contributed by atoms with Gasteiger partial charge in [0.05, 0.1) is 5.69 Å². The minimum atomic E-state index is 0.638. The van der Waals surface area contributed by atoms with Crippen molar-refractivity contribution >= 4 is 17.5 Å². The van der Waals surface area contributed by atoms with Gasteiger partial charge in [0.25, 0.3) is 0 Å². The largest absolute Gasteiger partial charge is 0.351 e. The van der Waals surface area contributed by atoms with Gasteiger partial charge in [-0.1, -0.05) is 30.5 Å². The lowest BCUT2D eigenvalue weighted by atomic mass is 10.3. The van der Waals surface area contributed by atoms with E-state index in [1.165, 1.54) is 0 Å². The van der Waals surface area contributed by atoms with Gasteiger partial charge in [-0.25, -0.2) is 0 Å². The number of tetrazole rings is 1. The maximum absolute atomic E-state index is 5.88. The number of rotatable bonds is 7. The molecule has 0 saturated heterocycles.